The van der Waals surface area contributed by atoms with E-state index < -0.39 is 6.10 Å². The van der Waals surface area contributed by atoms with Crippen molar-refractivity contribution in [1.29, 1.82) is 0 Å². The van der Waals surface area contributed by atoms with Gasteiger partial charge in [0.05, 0.1) is 0 Å². The Hall–Kier alpha value is -1.60. The van der Waals surface area contributed by atoms with Gasteiger partial charge in [-0.05, 0) is 24.8 Å². The first-order valence-corrected chi connectivity index (χ1v) is 7.98. The van der Waals surface area contributed by atoms with E-state index in [1.165, 1.54) is 11.3 Å². The first-order valence-electron chi connectivity index (χ1n) is 6.18. The predicted molar refractivity (Wildman–Crippen MR) is 81.5 cm³/mol. The Kier molecular flexibility index (Phi) is 5.37. The lowest BCUT2D eigenvalue weighted by molar-refractivity contribution is -0.122. The highest BCUT2D eigenvalue weighted by molar-refractivity contribution is 8.01. The fourth-order valence-corrected chi connectivity index (χ4v) is 3.06. The van der Waals surface area contributed by atoms with Crippen LogP contribution in [0, 0.1) is 0 Å². The second kappa shape index (κ2) is 7.25. The standard InChI is InChI=1S/C13H15N3O2S2/c1-3-19-13-16-15-12(20-13)14-11(17)9(2)18-10-7-5-4-6-8-10/h4-9H,3H2,1-2H3,(H,14,15,17). The molecule has 106 valence electrons. The van der Waals surface area contributed by atoms with Gasteiger partial charge in [0.2, 0.25) is 5.13 Å². The molecule has 0 aliphatic rings. The Morgan fingerprint density at radius 3 is 2.85 bits per heavy atom. The molecular weight excluding hydrogens is 294 g/mol. The highest BCUT2D eigenvalue weighted by atomic mass is 32.2. The van der Waals surface area contributed by atoms with E-state index >= 15 is 0 Å². The molecule has 20 heavy (non-hydrogen) atoms. The average molecular weight is 309 g/mol. The molecule has 0 fully saturated rings. The van der Waals surface area contributed by atoms with Crippen molar-refractivity contribution < 1.29 is 9.53 Å². The number of aromatic nitrogens is 2. The van der Waals surface area contributed by atoms with Crippen LogP contribution in [-0.4, -0.2) is 28.0 Å². The van der Waals surface area contributed by atoms with Gasteiger partial charge in [-0.15, -0.1) is 10.2 Å². The molecular formula is C13H15N3O2S2. The Labute approximate surface area is 125 Å². The van der Waals surface area contributed by atoms with Crippen LogP contribution in [0.3, 0.4) is 0 Å². The number of nitrogens with one attached hydrogen (secondary N) is 1. The molecule has 1 unspecified atom stereocenters. The fourth-order valence-electron chi connectivity index (χ4n) is 1.41. The molecule has 0 spiro atoms. The number of anilines is 1. The van der Waals surface area contributed by atoms with E-state index in [1.54, 1.807) is 18.7 Å². The van der Waals surface area contributed by atoms with E-state index in [2.05, 4.69) is 15.5 Å². The molecule has 7 heteroatoms. The summed E-state index contributed by atoms with van der Waals surface area (Å²) in [6.07, 6.45) is -0.594. The van der Waals surface area contributed by atoms with E-state index in [9.17, 15) is 4.79 Å². The first kappa shape index (κ1) is 14.8. The van der Waals surface area contributed by atoms with Crippen molar-refractivity contribution in [3.63, 3.8) is 0 Å². The summed E-state index contributed by atoms with van der Waals surface area (Å²) in [5.41, 5.74) is 0. The molecule has 0 saturated heterocycles. The number of hydrogen-bond donors (Lipinski definition) is 1. The summed E-state index contributed by atoms with van der Waals surface area (Å²) in [5, 5.41) is 11.1. The topological polar surface area (TPSA) is 64.1 Å². The van der Waals surface area contributed by atoms with Crippen LogP contribution in [0.4, 0.5) is 5.13 Å². The second-order valence-corrected chi connectivity index (χ2v) is 6.36. The van der Waals surface area contributed by atoms with Gasteiger partial charge in [-0.2, -0.15) is 0 Å². The number of carbonyl (C=O) groups is 1. The molecule has 1 N–H and O–H groups in total. The maximum atomic E-state index is 12.0. The molecule has 1 atom stereocenters. The van der Waals surface area contributed by atoms with Crippen molar-refractivity contribution in [2.45, 2.75) is 24.3 Å². The third-order valence-electron chi connectivity index (χ3n) is 2.33. The van der Waals surface area contributed by atoms with E-state index in [-0.39, 0.29) is 5.91 Å². The molecule has 1 heterocycles. The quantitative estimate of drug-likeness (QED) is 0.656. The van der Waals surface area contributed by atoms with Crippen LogP contribution in [0.15, 0.2) is 34.7 Å². The normalized spacial score (nSPS) is 11.9. The van der Waals surface area contributed by atoms with Crippen LogP contribution >= 0.6 is 23.1 Å². The van der Waals surface area contributed by atoms with Crippen molar-refractivity contribution in [3.8, 4) is 5.75 Å². The number of amides is 1. The van der Waals surface area contributed by atoms with E-state index in [0.29, 0.717) is 10.9 Å². The maximum absolute atomic E-state index is 12.0. The predicted octanol–water partition coefficient (Wildman–Crippen LogP) is 3.06. The van der Waals surface area contributed by atoms with Gasteiger partial charge in [-0.1, -0.05) is 48.2 Å². The molecule has 0 radical (unpaired) electrons. The summed E-state index contributed by atoms with van der Waals surface area (Å²) in [7, 11) is 0. The van der Waals surface area contributed by atoms with Crippen LogP contribution in [0.2, 0.25) is 0 Å². The summed E-state index contributed by atoms with van der Waals surface area (Å²) >= 11 is 2.96. The minimum absolute atomic E-state index is 0.238. The zero-order chi connectivity index (χ0) is 14.4. The lowest BCUT2D eigenvalue weighted by Crippen LogP contribution is -2.30. The molecule has 0 saturated carbocycles. The van der Waals surface area contributed by atoms with Crippen molar-refractivity contribution >= 4 is 34.1 Å². The summed E-state index contributed by atoms with van der Waals surface area (Å²) in [5.74, 6) is 1.35. The van der Waals surface area contributed by atoms with Gasteiger partial charge in [0.15, 0.2) is 10.4 Å². The number of ether oxygens (including phenoxy) is 1. The number of benzene rings is 1. The third-order valence-corrected chi connectivity index (χ3v) is 4.18. The summed E-state index contributed by atoms with van der Waals surface area (Å²) < 4.78 is 6.39. The Morgan fingerprint density at radius 2 is 2.15 bits per heavy atom. The molecule has 5 nitrogen and oxygen atoms in total. The lowest BCUT2D eigenvalue weighted by Gasteiger charge is -2.13. The monoisotopic (exact) mass is 309 g/mol. The zero-order valence-electron chi connectivity index (χ0n) is 11.2. The molecule has 0 bridgehead atoms. The van der Waals surface area contributed by atoms with Crippen LogP contribution in [0.1, 0.15) is 13.8 Å². The van der Waals surface area contributed by atoms with Gasteiger partial charge in [-0.25, -0.2) is 0 Å². The molecule has 1 aromatic heterocycles. The summed E-state index contributed by atoms with van der Waals surface area (Å²) in [6.45, 7) is 3.74. The molecule has 2 rings (SSSR count). The minimum atomic E-state index is -0.594. The van der Waals surface area contributed by atoms with Gasteiger partial charge in [0.25, 0.3) is 5.91 Å². The minimum Gasteiger partial charge on any atom is -0.481 e. The van der Waals surface area contributed by atoms with Crippen molar-refractivity contribution in [2.24, 2.45) is 0 Å². The zero-order valence-corrected chi connectivity index (χ0v) is 12.8. The number of thioether (sulfide) groups is 1. The van der Waals surface area contributed by atoms with Crippen molar-refractivity contribution in [1.82, 2.24) is 10.2 Å². The smallest absolute Gasteiger partial charge is 0.266 e. The fraction of sp³-hybridized carbons (Fsp3) is 0.308. The van der Waals surface area contributed by atoms with Crippen LogP contribution in [0.25, 0.3) is 0 Å². The highest BCUT2D eigenvalue weighted by Crippen LogP contribution is 2.25. The Balaban J connectivity index is 1.90. The van der Waals surface area contributed by atoms with Gasteiger partial charge >= 0.3 is 0 Å². The number of hydrogen-bond acceptors (Lipinski definition) is 6. The number of para-hydroxylation sites is 1. The highest BCUT2D eigenvalue weighted by Gasteiger charge is 2.16. The largest absolute Gasteiger partial charge is 0.481 e. The summed E-state index contributed by atoms with van der Waals surface area (Å²) in [4.78, 5) is 12.0. The van der Waals surface area contributed by atoms with Crippen LogP contribution in [0.5, 0.6) is 5.75 Å². The molecule has 2 aromatic rings. The molecule has 0 aliphatic carbocycles. The van der Waals surface area contributed by atoms with Crippen molar-refractivity contribution in [3.05, 3.63) is 30.3 Å². The average Bonchev–Trinajstić information content (AvgIpc) is 2.87. The summed E-state index contributed by atoms with van der Waals surface area (Å²) in [6, 6.07) is 9.24. The Morgan fingerprint density at radius 1 is 1.40 bits per heavy atom. The second-order valence-electron chi connectivity index (χ2n) is 3.87. The van der Waals surface area contributed by atoms with Crippen molar-refractivity contribution in [2.75, 3.05) is 11.1 Å². The Bertz CT molecular complexity index is 560. The SMILES string of the molecule is CCSc1nnc(NC(=O)C(C)Oc2ccccc2)s1. The third kappa shape index (κ3) is 4.21. The van der Waals surface area contributed by atoms with Gasteiger partial charge in [0, 0.05) is 0 Å². The van der Waals surface area contributed by atoms with Gasteiger partial charge in [0.1, 0.15) is 5.75 Å². The number of rotatable bonds is 6. The van der Waals surface area contributed by atoms with Gasteiger partial charge in [-0.3, -0.25) is 10.1 Å². The maximum Gasteiger partial charge on any atom is 0.266 e. The molecule has 1 aromatic carbocycles. The van der Waals surface area contributed by atoms with E-state index in [1.807, 2.05) is 37.3 Å². The van der Waals surface area contributed by atoms with Gasteiger partial charge < -0.3 is 4.74 Å². The lowest BCUT2D eigenvalue weighted by atomic mass is 10.3. The van der Waals surface area contributed by atoms with Crippen LogP contribution in [-0.2, 0) is 4.79 Å². The van der Waals surface area contributed by atoms with E-state index in [0.717, 1.165) is 10.1 Å². The number of nitrogens with zero attached hydrogens (tertiary/aromatic N) is 2. The van der Waals surface area contributed by atoms with Crippen LogP contribution < -0.4 is 10.1 Å². The number of carbonyl (C=O) groups excluding carboxylic acids is 1. The first-order chi connectivity index (χ1) is 9.69. The van der Waals surface area contributed by atoms with E-state index in [4.69, 9.17) is 4.74 Å². The molecule has 0 aliphatic heterocycles. The molecule has 1 amide bonds.